The Morgan fingerprint density at radius 3 is 2.69 bits per heavy atom. The van der Waals surface area contributed by atoms with Gasteiger partial charge in [-0.3, -0.25) is 0 Å². The molecule has 4 nitrogen and oxygen atoms in total. The van der Waals surface area contributed by atoms with Crippen LogP contribution in [0, 0.1) is 0 Å². The van der Waals surface area contributed by atoms with Crippen LogP contribution in [0.2, 0.25) is 0 Å². The summed E-state index contributed by atoms with van der Waals surface area (Å²) in [6, 6.07) is 3.30. The molecule has 0 aliphatic carbocycles. The molecule has 0 aliphatic rings. The Balaban J connectivity index is 2.51. The molecule has 1 aromatic heterocycles. The number of aromatic nitrogens is 1. The molecule has 0 unspecified atom stereocenters. The zero-order valence-corrected chi connectivity index (χ0v) is 8.23. The Labute approximate surface area is 85.1 Å². The average molecular weight is 244 g/mol. The van der Waals surface area contributed by atoms with E-state index in [0.717, 1.165) is 4.47 Å². The lowest BCUT2D eigenvalue weighted by Gasteiger charge is -2.16. The predicted molar refractivity (Wildman–Crippen MR) is 50.4 cm³/mol. The maximum absolute atomic E-state index is 8.70. The van der Waals surface area contributed by atoms with E-state index in [1.54, 1.807) is 12.1 Å². The van der Waals surface area contributed by atoms with Gasteiger partial charge in [0.15, 0.2) is 7.85 Å². The van der Waals surface area contributed by atoms with Gasteiger partial charge < -0.3 is 14.9 Å². The van der Waals surface area contributed by atoms with Crippen LogP contribution in [0.4, 0.5) is 0 Å². The van der Waals surface area contributed by atoms with Gasteiger partial charge in [0.25, 0.3) is 0 Å². The summed E-state index contributed by atoms with van der Waals surface area (Å²) >= 11 is 3.19. The first-order valence-corrected chi connectivity index (χ1v) is 4.25. The quantitative estimate of drug-likeness (QED) is 0.581. The maximum atomic E-state index is 8.70. The van der Waals surface area contributed by atoms with E-state index in [1.807, 2.05) is 0 Å². The van der Waals surface area contributed by atoms with Crippen molar-refractivity contribution >= 4 is 23.8 Å². The number of hydrogen-bond acceptors (Lipinski definition) is 4. The molecular weight excluding hydrogens is 237 g/mol. The minimum atomic E-state index is -2.32. The van der Waals surface area contributed by atoms with Gasteiger partial charge in [-0.15, -0.1) is 0 Å². The van der Waals surface area contributed by atoms with Crippen LogP contribution in [0.15, 0.2) is 22.8 Å². The van der Waals surface area contributed by atoms with Gasteiger partial charge in [0.1, 0.15) is 12.3 Å². The van der Waals surface area contributed by atoms with Crippen molar-refractivity contribution in [2.24, 2.45) is 0 Å². The number of nitrogens with zero attached hydrogens (tertiary/aromatic N) is 1. The number of aliphatic hydroxyl groups is 2. The third-order valence-corrected chi connectivity index (χ3v) is 1.60. The Morgan fingerprint density at radius 2 is 2.23 bits per heavy atom. The molecule has 2 N–H and O–H groups in total. The normalized spacial score (nSPS) is 11.3. The first-order valence-electron chi connectivity index (χ1n) is 3.45. The first kappa shape index (κ1) is 10.5. The Hall–Kier alpha value is -0.585. The van der Waals surface area contributed by atoms with Gasteiger partial charge in [-0.1, -0.05) is 0 Å². The molecule has 13 heavy (non-hydrogen) atoms. The van der Waals surface area contributed by atoms with Gasteiger partial charge in [-0.05, 0) is 22.0 Å². The van der Waals surface area contributed by atoms with Crippen LogP contribution in [-0.4, -0.2) is 35.3 Å². The third kappa shape index (κ3) is 4.26. The van der Waals surface area contributed by atoms with Crippen molar-refractivity contribution in [3.63, 3.8) is 0 Å². The van der Waals surface area contributed by atoms with Crippen molar-refractivity contribution in [3.05, 3.63) is 22.8 Å². The standard InChI is InChI=1S/C7H7BBrNO3/c8-7(11,12)4-13-6-2-1-5(9)3-10-6/h1-3,11-12H,4H2. The molecule has 0 bridgehead atoms. The van der Waals surface area contributed by atoms with Crippen LogP contribution in [0.3, 0.4) is 0 Å². The van der Waals surface area contributed by atoms with Gasteiger partial charge in [0, 0.05) is 16.7 Å². The molecule has 6 heteroatoms. The SMILES string of the molecule is [B]C(O)(O)COc1ccc(Br)cn1. The maximum Gasteiger partial charge on any atom is 0.213 e. The Bertz CT molecular complexity index is 272. The van der Waals surface area contributed by atoms with Crippen molar-refractivity contribution in [2.75, 3.05) is 6.61 Å². The molecule has 0 spiro atoms. The van der Waals surface area contributed by atoms with Crippen LogP contribution >= 0.6 is 15.9 Å². The van der Waals surface area contributed by atoms with E-state index in [4.69, 9.17) is 22.8 Å². The molecule has 1 heterocycles. The predicted octanol–water partition coefficient (Wildman–Crippen LogP) is 0.0298. The molecule has 0 atom stereocenters. The van der Waals surface area contributed by atoms with Gasteiger partial charge >= 0.3 is 0 Å². The largest absolute Gasteiger partial charge is 0.473 e. The van der Waals surface area contributed by atoms with Crippen molar-refractivity contribution in [2.45, 2.75) is 5.69 Å². The number of rotatable bonds is 3. The van der Waals surface area contributed by atoms with Crippen LogP contribution in [-0.2, 0) is 0 Å². The highest BCUT2D eigenvalue weighted by Gasteiger charge is 2.15. The van der Waals surface area contributed by atoms with E-state index in [2.05, 4.69) is 20.9 Å². The lowest BCUT2D eigenvalue weighted by Crippen LogP contribution is -2.35. The van der Waals surface area contributed by atoms with Crippen LogP contribution in [0.1, 0.15) is 0 Å². The number of pyridine rings is 1. The van der Waals surface area contributed by atoms with E-state index >= 15 is 0 Å². The van der Waals surface area contributed by atoms with Crippen molar-refractivity contribution in [3.8, 4) is 5.88 Å². The molecule has 0 saturated heterocycles. The molecule has 0 aromatic carbocycles. The second-order valence-electron chi connectivity index (χ2n) is 2.48. The summed E-state index contributed by atoms with van der Waals surface area (Å²) in [6.45, 7) is -0.429. The van der Waals surface area contributed by atoms with Crippen molar-refractivity contribution < 1.29 is 14.9 Å². The summed E-state index contributed by atoms with van der Waals surface area (Å²) in [7, 11) is 4.86. The molecule has 2 radical (unpaired) electrons. The zero-order chi connectivity index (χ0) is 9.90. The smallest absolute Gasteiger partial charge is 0.213 e. The van der Waals surface area contributed by atoms with Gasteiger partial charge in [0.05, 0.1) is 0 Å². The monoisotopic (exact) mass is 243 g/mol. The van der Waals surface area contributed by atoms with E-state index in [9.17, 15) is 0 Å². The molecule has 0 amide bonds. The Morgan fingerprint density at radius 1 is 1.54 bits per heavy atom. The minimum absolute atomic E-state index is 0.279. The van der Waals surface area contributed by atoms with Crippen molar-refractivity contribution in [1.29, 1.82) is 0 Å². The molecule has 1 aromatic rings. The van der Waals surface area contributed by atoms with E-state index in [0.29, 0.717) is 0 Å². The Kier molecular flexibility index (Phi) is 3.30. The van der Waals surface area contributed by atoms with E-state index in [1.165, 1.54) is 6.20 Å². The topological polar surface area (TPSA) is 62.6 Å². The van der Waals surface area contributed by atoms with Crippen molar-refractivity contribution in [1.82, 2.24) is 4.98 Å². The lowest BCUT2D eigenvalue weighted by molar-refractivity contribution is -0.111. The lowest BCUT2D eigenvalue weighted by atomic mass is 9.96. The second kappa shape index (κ2) is 4.08. The van der Waals surface area contributed by atoms with E-state index in [-0.39, 0.29) is 5.88 Å². The third-order valence-electron chi connectivity index (χ3n) is 1.13. The zero-order valence-electron chi connectivity index (χ0n) is 6.64. The number of ether oxygens (including phenoxy) is 1. The number of hydrogen-bond donors (Lipinski definition) is 2. The summed E-state index contributed by atoms with van der Waals surface area (Å²) in [5.74, 6) is 0.279. The number of halogens is 1. The second-order valence-corrected chi connectivity index (χ2v) is 3.40. The highest BCUT2D eigenvalue weighted by atomic mass is 79.9. The fraction of sp³-hybridized carbons (Fsp3) is 0.286. The summed E-state index contributed by atoms with van der Waals surface area (Å²) < 4.78 is 5.68. The first-order chi connectivity index (χ1) is 5.97. The van der Waals surface area contributed by atoms with Gasteiger partial charge in [-0.25, -0.2) is 4.98 Å². The summed E-state index contributed by atoms with van der Waals surface area (Å²) in [4.78, 5) is 3.83. The van der Waals surface area contributed by atoms with Gasteiger partial charge in [0.2, 0.25) is 5.88 Å². The average Bonchev–Trinajstić information content (AvgIpc) is 2.02. The highest BCUT2D eigenvalue weighted by molar-refractivity contribution is 9.10. The van der Waals surface area contributed by atoms with Crippen LogP contribution < -0.4 is 4.74 Å². The molecule has 1 rings (SSSR count). The van der Waals surface area contributed by atoms with E-state index < -0.39 is 12.3 Å². The highest BCUT2D eigenvalue weighted by Crippen LogP contribution is 2.12. The molecule has 0 fully saturated rings. The fourth-order valence-electron chi connectivity index (χ4n) is 0.628. The molecule has 0 aliphatic heterocycles. The summed E-state index contributed by atoms with van der Waals surface area (Å²) in [6.07, 6.45) is 1.53. The summed E-state index contributed by atoms with van der Waals surface area (Å²) in [5, 5.41) is 17.4. The minimum Gasteiger partial charge on any atom is -0.473 e. The van der Waals surface area contributed by atoms with Gasteiger partial charge in [-0.2, -0.15) is 0 Å². The summed E-state index contributed by atoms with van der Waals surface area (Å²) in [5.41, 5.74) is -2.32. The van der Waals surface area contributed by atoms with Crippen LogP contribution in [0.25, 0.3) is 0 Å². The van der Waals surface area contributed by atoms with Crippen LogP contribution in [0.5, 0.6) is 5.88 Å². The molecular formula is C7H7BBrNO3. The molecule has 68 valence electrons. The molecule has 0 saturated carbocycles. The fourth-order valence-corrected chi connectivity index (χ4v) is 0.862.